The molecule has 3 aromatic carbocycles. The van der Waals surface area contributed by atoms with E-state index in [1.807, 2.05) is 36.4 Å². The minimum atomic E-state index is -0.612. The Bertz CT molecular complexity index is 1170. The lowest BCUT2D eigenvalue weighted by molar-refractivity contribution is -0.127. The van der Waals surface area contributed by atoms with E-state index in [9.17, 15) is 4.79 Å². The van der Waals surface area contributed by atoms with Crippen LogP contribution in [0.5, 0.6) is 11.5 Å². The second kappa shape index (κ2) is 10.1. The molecule has 0 radical (unpaired) electrons. The number of nitrogens with zero attached hydrogens (tertiary/aromatic N) is 1. The fourth-order valence-corrected chi connectivity index (χ4v) is 4.03. The van der Waals surface area contributed by atoms with E-state index in [1.54, 1.807) is 49.6 Å². The summed E-state index contributed by atoms with van der Waals surface area (Å²) < 4.78 is 10.9. The number of thiazole rings is 1. The van der Waals surface area contributed by atoms with E-state index >= 15 is 0 Å². The van der Waals surface area contributed by atoms with Crippen molar-refractivity contribution in [3.8, 4) is 33.3 Å². The summed E-state index contributed by atoms with van der Waals surface area (Å²) in [6.07, 6.45) is -0.612. The Hall–Kier alpha value is -3.64. The topological polar surface area (TPSA) is 60.5 Å². The highest BCUT2D eigenvalue weighted by Crippen LogP contribution is 2.29. The average Bonchev–Trinajstić information content (AvgIpc) is 3.34. The van der Waals surface area contributed by atoms with Crippen LogP contribution in [0.4, 0.5) is 0 Å². The van der Waals surface area contributed by atoms with Gasteiger partial charge in [-0.05, 0) is 42.8 Å². The van der Waals surface area contributed by atoms with Gasteiger partial charge in [0.15, 0.2) is 6.10 Å². The van der Waals surface area contributed by atoms with Gasteiger partial charge in [0.05, 0.1) is 12.8 Å². The molecule has 1 N–H and O–H groups in total. The highest BCUT2D eigenvalue weighted by molar-refractivity contribution is 7.13. The van der Waals surface area contributed by atoms with E-state index in [0.717, 1.165) is 33.1 Å². The second-order valence-corrected chi connectivity index (χ2v) is 8.12. The summed E-state index contributed by atoms with van der Waals surface area (Å²) >= 11 is 1.61. The molecule has 5 nitrogen and oxygen atoms in total. The zero-order valence-electron chi connectivity index (χ0n) is 17.9. The van der Waals surface area contributed by atoms with Crippen LogP contribution in [0.25, 0.3) is 21.8 Å². The molecular formula is C26H24N2O3S. The highest BCUT2D eigenvalue weighted by atomic mass is 32.1. The molecular weight excluding hydrogens is 420 g/mol. The molecule has 1 amide bonds. The van der Waals surface area contributed by atoms with E-state index in [-0.39, 0.29) is 5.91 Å². The van der Waals surface area contributed by atoms with E-state index < -0.39 is 6.10 Å². The molecule has 1 heterocycles. The Balaban J connectivity index is 1.36. The predicted molar refractivity (Wildman–Crippen MR) is 128 cm³/mol. The molecule has 0 fully saturated rings. The predicted octanol–water partition coefficient (Wildman–Crippen LogP) is 5.57. The molecule has 0 saturated carbocycles. The fraction of sp³-hybridized carbons (Fsp3) is 0.154. The molecule has 1 atom stereocenters. The van der Waals surface area contributed by atoms with Crippen molar-refractivity contribution in [3.05, 3.63) is 89.8 Å². The number of ether oxygens (including phenoxy) is 2. The number of aromatic nitrogens is 1. The minimum Gasteiger partial charge on any atom is -0.497 e. The first-order valence-electron chi connectivity index (χ1n) is 10.3. The van der Waals surface area contributed by atoms with E-state index in [0.29, 0.717) is 12.3 Å². The minimum absolute atomic E-state index is 0.174. The molecule has 32 heavy (non-hydrogen) atoms. The Morgan fingerprint density at radius 2 is 1.69 bits per heavy atom. The third-order valence-electron chi connectivity index (χ3n) is 4.96. The second-order valence-electron chi connectivity index (χ2n) is 7.26. The van der Waals surface area contributed by atoms with E-state index in [4.69, 9.17) is 14.5 Å². The van der Waals surface area contributed by atoms with Gasteiger partial charge in [-0.1, -0.05) is 48.5 Å². The zero-order chi connectivity index (χ0) is 22.3. The normalized spacial score (nSPS) is 11.6. The van der Waals surface area contributed by atoms with Gasteiger partial charge in [0.2, 0.25) is 0 Å². The summed E-state index contributed by atoms with van der Waals surface area (Å²) in [6.45, 7) is 2.15. The van der Waals surface area contributed by atoms with Crippen LogP contribution in [0.2, 0.25) is 0 Å². The molecule has 0 aliphatic rings. The fourth-order valence-electron chi connectivity index (χ4n) is 3.21. The van der Waals surface area contributed by atoms with Crippen molar-refractivity contribution in [3.63, 3.8) is 0 Å². The Labute approximate surface area is 191 Å². The molecule has 0 saturated heterocycles. The summed E-state index contributed by atoms with van der Waals surface area (Å²) in [7, 11) is 1.61. The van der Waals surface area contributed by atoms with Gasteiger partial charge in [-0.25, -0.2) is 4.98 Å². The molecule has 0 bridgehead atoms. The number of carbonyl (C=O) groups is 1. The summed E-state index contributed by atoms with van der Waals surface area (Å²) in [6, 6.07) is 25.4. The molecule has 162 valence electrons. The van der Waals surface area contributed by atoms with Crippen LogP contribution in [0.1, 0.15) is 12.5 Å². The molecule has 0 aliphatic carbocycles. The first kappa shape index (κ1) is 21.6. The lowest BCUT2D eigenvalue weighted by atomic mass is 10.1. The van der Waals surface area contributed by atoms with Gasteiger partial charge in [-0.2, -0.15) is 0 Å². The maximum atomic E-state index is 12.5. The maximum absolute atomic E-state index is 12.5. The van der Waals surface area contributed by atoms with Crippen molar-refractivity contribution in [2.24, 2.45) is 0 Å². The van der Waals surface area contributed by atoms with Crippen LogP contribution in [-0.4, -0.2) is 24.1 Å². The summed E-state index contributed by atoms with van der Waals surface area (Å²) in [5.41, 5.74) is 4.11. The number of methoxy groups -OCH3 is 1. The monoisotopic (exact) mass is 444 g/mol. The van der Waals surface area contributed by atoms with Crippen molar-refractivity contribution in [1.82, 2.24) is 10.3 Å². The number of rotatable bonds is 8. The summed E-state index contributed by atoms with van der Waals surface area (Å²) in [5.74, 6) is 1.19. The number of benzene rings is 3. The smallest absolute Gasteiger partial charge is 0.261 e. The molecule has 4 aromatic rings. The van der Waals surface area contributed by atoms with Gasteiger partial charge in [0.1, 0.15) is 16.5 Å². The van der Waals surface area contributed by atoms with Crippen molar-refractivity contribution in [1.29, 1.82) is 0 Å². The molecule has 0 aliphatic heterocycles. The number of nitrogens with one attached hydrogen (secondary N) is 1. The standard InChI is InChI=1S/C26H24N2O3S/c1-18(31-23-13-11-22(30-2)12-14-23)25(29)27-16-19-7-6-10-21(15-19)26-28-24(17-32-26)20-8-4-3-5-9-20/h3-15,17-18H,16H2,1-2H3,(H,27,29). The number of carbonyl (C=O) groups excluding carboxylic acids is 1. The highest BCUT2D eigenvalue weighted by Gasteiger charge is 2.15. The third kappa shape index (κ3) is 5.34. The van der Waals surface area contributed by atoms with Gasteiger partial charge in [-0.3, -0.25) is 4.79 Å². The van der Waals surface area contributed by atoms with Gasteiger partial charge in [-0.15, -0.1) is 11.3 Å². The lowest BCUT2D eigenvalue weighted by Crippen LogP contribution is -2.35. The number of amides is 1. The van der Waals surface area contributed by atoms with Crippen molar-refractivity contribution in [2.45, 2.75) is 19.6 Å². The van der Waals surface area contributed by atoms with Crippen LogP contribution in [-0.2, 0) is 11.3 Å². The van der Waals surface area contributed by atoms with Gasteiger partial charge in [0.25, 0.3) is 5.91 Å². The first-order valence-corrected chi connectivity index (χ1v) is 11.2. The van der Waals surface area contributed by atoms with Crippen LogP contribution >= 0.6 is 11.3 Å². The number of hydrogen-bond donors (Lipinski definition) is 1. The van der Waals surface area contributed by atoms with Gasteiger partial charge >= 0.3 is 0 Å². The maximum Gasteiger partial charge on any atom is 0.261 e. The van der Waals surface area contributed by atoms with E-state index in [1.165, 1.54) is 0 Å². The Morgan fingerprint density at radius 1 is 0.969 bits per heavy atom. The van der Waals surface area contributed by atoms with Crippen molar-refractivity contribution >= 4 is 17.2 Å². The molecule has 6 heteroatoms. The lowest BCUT2D eigenvalue weighted by Gasteiger charge is -2.15. The largest absolute Gasteiger partial charge is 0.497 e. The van der Waals surface area contributed by atoms with Gasteiger partial charge in [0, 0.05) is 23.1 Å². The quantitative estimate of drug-likeness (QED) is 0.386. The van der Waals surface area contributed by atoms with Crippen LogP contribution in [0, 0.1) is 0 Å². The Morgan fingerprint density at radius 3 is 2.44 bits per heavy atom. The Kier molecular flexibility index (Phi) is 6.82. The van der Waals surface area contributed by atoms with Crippen LogP contribution in [0.15, 0.2) is 84.2 Å². The molecule has 4 rings (SSSR count). The summed E-state index contributed by atoms with van der Waals surface area (Å²) in [4.78, 5) is 17.3. The van der Waals surface area contributed by atoms with E-state index in [2.05, 4.69) is 28.9 Å². The SMILES string of the molecule is COc1ccc(OC(C)C(=O)NCc2cccc(-c3nc(-c4ccccc4)cs3)c2)cc1. The van der Waals surface area contributed by atoms with Gasteiger partial charge < -0.3 is 14.8 Å². The third-order valence-corrected chi connectivity index (χ3v) is 5.85. The van der Waals surface area contributed by atoms with Crippen LogP contribution < -0.4 is 14.8 Å². The van der Waals surface area contributed by atoms with Crippen molar-refractivity contribution < 1.29 is 14.3 Å². The molecule has 1 unspecified atom stereocenters. The zero-order valence-corrected chi connectivity index (χ0v) is 18.8. The molecule has 1 aromatic heterocycles. The summed E-state index contributed by atoms with van der Waals surface area (Å²) in [5, 5.41) is 5.96. The average molecular weight is 445 g/mol. The van der Waals surface area contributed by atoms with Crippen molar-refractivity contribution in [2.75, 3.05) is 7.11 Å². The first-order chi connectivity index (χ1) is 15.6. The number of hydrogen-bond acceptors (Lipinski definition) is 5. The molecule has 0 spiro atoms. The van der Waals surface area contributed by atoms with Crippen LogP contribution in [0.3, 0.4) is 0 Å².